The molecule has 7 nitrogen and oxygen atoms in total. The third-order valence-corrected chi connectivity index (χ3v) is 6.68. The number of H-pyrrole nitrogens is 1. The number of nitrogens with zero attached hydrogens (tertiary/aromatic N) is 2. The van der Waals surface area contributed by atoms with Crippen LogP contribution < -0.4 is 9.47 Å². The monoisotopic (exact) mass is 513 g/mol. The Bertz CT molecular complexity index is 1360. The fraction of sp³-hybridized carbons (Fsp3) is 0.290. The van der Waals surface area contributed by atoms with E-state index in [1.54, 1.807) is 43.4 Å². The maximum atomic E-state index is 13.8. The number of hydrogen-bond acceptors (Lipinski definition) is 4. The van der Waals surface area contributed by atoms with Crippen LogP contribution in [0.4, 0.5) is 0 Å². The van der Waals surface area contributed by atoms with Gasteiger partial charge in [0.25, 0.3) is 5.91 Å². The van der Waals surface area contributed by atoms with Gasteiger partial charge in [0.2, 0.25) is 5.91 Å². The minimum Gasteiger partial charge on any atom is -0.497 e. The van der Waals surface area contributed by atoms with E-state index in [0.717, 1.165) is 34.2 Å². The molecule has 0 fully saturated rings. The van der Waals surface area contributed by atoms with Crippen LogP contribution in [0.3, 0.4) is 0 Å². The van der Waals surface area contributed by atoms with Gasteiger partial charge in [0, 0.05) is 47.9 Å². The first-order valence-electron chi connectivity index (χ1n) is 12.9. The predicted octanol–water partition coefficient (Wildman–Crippen LogP) is 5.31. The molecular weight excluding hydrogens is 478 g/mol. The van der Waals surface area contributed by atoms with E-state index in [1.165, 1.54) is 0 Å². The molecule has 0 bridgehead atoms. The van der Waals surface area contributed by atoms with E-state index in [2.05, 4.69) is 11.1 Å². The lowest BCUT2D eigenvalue weighted by atomic mass is 10.1. The summed E-state index contributed by atoms with van der Waals surface area (Å²) in [5.74, 6) is 1.14. The van der Waals surface area contributed by atoms with Crippen LogP contribution in [0.2, 0.25) is 0 Å². The first kappa shape index (κ1) is 26.8. The molecule has 0 saturated heterocycles. The van der Waals surface area contributed by atoms with Gasteiger partial charge >= 0.3 is 0 Å². The van der Waals surface area contributed by atoms with Crippen molar-refractivity contribution in [2.45, 2.75) is 26.3 Å². The smallest absolute Gasteiger partial charge is 0.254 e. The first-order valence-corrected chi connectivity index (χ1v) is 12.9. The van der Waals surface area contributed by atoms with Crippen molar-refractivity contribution >= 4 is 22.7 Å². The number of carbonyl (C=O) groups is 2. The highest BCUT2D eigenvalue weighted by molar-refractivity contribution is 5.96. The van der Waals surface area contributed by atoms with Crippen LogP contribution in [0.5, 0.6) is 11.5 Å². The molecule has 0 spiro atoms. The highest BCUT2D eigenvalue weighted by atomic mass is 16.5. The minimum atomic E-state index is -0.170. The third kappa shape index (κ3) is 6.35. The van der Waals surface area contributed by atoms with Gasteiger partial charge in [-0.25, -0.2) is 0 Å². The molecule has 1 N–H and O–H groups in total. The van der Waals surface area contributed by atoms with Crippen LogP contribution in [0, 0.1) is 0 Å². The summed E-state index contributed by atoms with van der Waals surface area (Å²) in [4.78, 5) is 33.9. The molecule has 0 aliphatic heterocycles. The fourth-order valence-corrected chi connectivity index (χ4v) is 4.63. The van der Waals surface area contributed by atoms with Gasteiger partial charge in [-0.3, -0.25) is 9.59 Å². The van der Waals surface area contributed by atoms with Gasteiger partial charge in [-0.2, -0.15) is 0 Å². The lowest BCUT2D eigenvalue weighted by Gasteiger charge is -2.28. The number of amides is 2. The van der Waals surface area contributed by atoms with Crippen molar-refractivity contribution in [2.75, 3.05) is 33.9 Å². The molecule has 0 aliphatic rings. The number of para-hydroxylation sites is 2. The van der Waals surface area contributed by atoms with E-state index >= 15 is 0 Å². The normalized spacial score (nSPS) is 10.8. The summed E-state index contributed by atoms with van der Waals surface area (Å²) in [5, 5.41) is 1.15. The summed E-state index contributed by atoms with van der Waals surface area (Å²) in [6.45, 7) is 3.39. The topological polar surface area (TPSA) is 74.9 Å². The third-order valence-electron chi connectivity index (χ3n) is 6.68. The molecule has 3 aromatic carbocycles. The average Bonchev–Trinajstić information content (AvgIpc) is 3.37. The van der Waals surface area contributed by atoms with E-state index in [-0.39, 0.29) is 18.4 Å². The van der Waals surface area contributed by atoms with Gasteiger partial charge in [0.1, 0.15) is 18.0 Å². The van der Waals surface area contributed by atoms with Crippen molar-refractivity contribution < 1.29 is 19.1 Å². The SMILES string of the molecule is CCCN(CC(=O)N(CCc1c[nH]c2ccccc12)Cc1ccccc1OC)C(=O)c1ccc(OC)cc1. The Labute approximate surface area is 224 Å². The molecule has 0 radical (unpaired) electrons. The Morgan fingerprint density at radius 1 is 0.816 bits per heavy atom. The maximum absolute atomic E-state index is 13.8. The Balaban J connectivity index is 1.55. The minimum absolute atomic E-state index is 0.00172. The second kappa shape index (κ2) is 12.8. The number of aromatic nitrogens is 1. The van der Waals surface area contributed by atoms with Crippen molar-refractivity contribution in [1.29, 1.82) is 0 Å². The van der Waals surface area contributed by atoms with Crippen molar-refractivity contribution in [3.05, 3.63) is 95.7 Å². The fourth-order valence-electron chi connectivity index (χ4n) is 4.63. The molecule has 38 heavy (non-hydrogen) atoms. The lowest BCUT2D eigenvalue weighted by Crippen LogP contribution is -2.43. The van der Waals surface area contributed by atoms with Crippen LogP contribution in [0.15, 0.2) is 79.0 Å². The van der Waals surface area contributed by atoms with Gasteiger partial charge in [-0.05, 0) is 54.8 Å². The molecule has 7 heteroatoms. The number of hydrogen-bond donors (Lipinski definition) is 1. The Hall–Kier alpha value is -4.26. The molecule has 4 aromatic rings. The number of nitrogens with one attached hydrogen (secondary N) is 1. The number of fused-ring (bicyclic) bond motifs is 1. The molecule has 4 rings (SSSR count). The van der Waals surface area contributed by atoms with Crippen molar-refractivity contribution in [3.63, 3.8) is 0 Å². The zero-order valence-electron chi connectivity index (χ0n) is 22.3. The first-order chi connectivity index (χ1) is 18.5. The molecule has 2 amide bonds. The van der Waals surface area contributed by atoms with E-state index in [1.807, 2.05) is 60.5 Å². The zero-order valence-corrected chi connectivity index (χ0v) is 22.3. The van der Waals surface area contributed by atoms with E-state index in [0.29, 0.717) is 37.4 Å². The predicted molar refractivity (Wildman–Crippen MR) is 150 cm³/mol. The molecule has 1 heterocycles. The molecule has 1 aromatic heterocycles. The van der Waals surface area contributed by atoms with Crippen LogP contribution >= 0.6 is 0 Å². The Morgan fingerprint density at radius 2 is 1.55 bits per heavy atom. The summed E-state index contributed by atoms with van der Waals surface area (Å²) >= 11 is 0. The van der Waals surface area contributed by atoms with E-state index in [4.69, 9.17) is 9.47 Å². The molecule has 198 valence electrons. The van der Waals surface area contributed by atoms with Crippen LogP contribution in [0.25, 0.3) is 10.9 Å². The lowest BCUT2D eigenvalue weighted by molar-refractivity contribution is -0.132. The van der Waals surface area contributed by atoms with E-state index in [9.17, 15) is 9.59 Å². The second-order valence-corrected chi connectivity index (χ2v) is 9.19. The second-order valence-electron chi connectivity index (χ2n) is 9.19. The average molecular weight is 514 g/mol. The summed E-state index contributed by atoms with van der Waals surface area (Å²) < 4.78 is 10.8. The van der Waals surface area contributed by atoms with Gasteiger partial charge in [-0.1, -0.05) is 43.3 Å². The molecule has 0 saturated carbocycles. The number of methoxy groups -OCH3 is 2. The highest BCUT2D eigenvalue weighted by Gasteiger charge is 2.23. The van der Waals surface area contributed by atoms with Crippen molar-refractivity contribution in [3.8, 4) is 11.5 Å². The molecule has 0 unspecified atom stereocenters. The van der Waals surface area contributed by atoms with Gasteiger partial charge in [0.15, 0.2) is 0 Å². The van der Waals surface area contributed by atoms with Crippen molar-refractivity contribution in [1.82, 2.24) is 14.8 Å². The summed E-state index contributed by atoms with van der Waals surface area (Å²) in [6, 6.07) is 22.9. The Morgan fingerprint density at radius 3 is 2.29 bits per heavy atom. The highest BCUT2D eigenvalue weighted by Crippen LogP contribution is 2.22. The van der Waals surface area contributed by atoms with Gasteiger partial charge in [-0.15, -0.1) is 0 Å². The molecule has 0 atom stereocenters. The number of carbonyl (C=O) groups excluding carboxylic acids is 2. The van der Waals surface area contributed by atoms with Crippen LogP contribution in [0.1, 0.15) is 34.8 Å². The number of aromatic amines is 1. The maximum Gasteiger partial charge on any atom is 0.254 e. The summed E-state index contributed by atoms with van der Waals surface area (Å²) in [5.41, 5.74) is 3.68. The number of rotatable bonds is 12. The molecular formula is C31H35N3O4. The molecule has 0 aliphatic carbocycles. The van der Waals surface area contributed by atoms with Crippen LogP contribution in [-0.4, -0.2) is 60.5 Å². The zero-order chi connectivity index (χ0) is 26.9. The van der Waals surface area contributed by atoms with E-state index < -0.39 is 0 Å². The van der Waals surface area contributed by atoms with Gasteiger partial charge in [0.05, 0.1) is 14.2 Å². The Kier molecular flexibility index (Phi) is 9.03. The standard InChI is InChI=1S/C31H35N3O4/c1-4-18-34(31(36)23-13-15-26(37-2)16-14-23)22-30(35)33(21-25-9-5-8-12-29(25)38-3)19-17-24-20-32-28-11-7-6-10-27(24)28/h5-16,20,32H,4,17-19,21-22H2,1-3H3. The van der Waals surface area contributed by atoms with Gasteiger partial charge < -0.3 is 24.3 Å². The van der Waals surface area contributed by atoms with Crippen molar-refractivity contribution in [2.24, 2.45) is 0 Å². The van der Waals surface area contributed by atoms with Crippen LogP contribution in [-0.2, 0) is 17.8 Å². The number of ether oxygens (including phenoxy) is 2. The summed E-state index contributed by atoms with van der Waals surface area (Å²) in [7, 11) is 3.22. The number of benzene rings is 3. The summed E-state index contributed by atoms with van der Waals surface area (Å²) in [6.07, 6.45) is 3.44. The quantitative estimate of drug-likeness (QED) is 0.279. The largest absolute Gasteiger partial charge is 0.497 e.